The molecule has 0 radical (unpaired) electrons. The molecule has 1 atom stereocenters. The number of nitrogen functional groups attached to an aromatic ring is 1. The smallest absolute Gasteiger partial charge is 0.272 e. The van der Waals surface area contributed by atoms with Crippen molar-refractivity contribution < 1.29 is 9.59 Å². The summed E-state index contributed by atoms with van der Waals surface area (Å²) >= 11 is 0. The maximum atomic E-state index is 11.9. The van der Waals surface area contributed by atoms with Gasteiger partial charge in [0.25, 0.3) is 5.91 Å². The lowest BCUT2D eigenvalue weighted by Crippen LogP contribution is -2.50. The van der Waals surface area contributed by atoms with Gasteiger partial charge in [0.2, 0.25) is 5.91 Å². The highest BCUT2D eigenvalue weighted by Crippen LogP contribution is 2.01. The van der Waals surface area contributed by atoms with Crippen molar-refractivity contribution in [3.8, 4) is 0 Å². The SMILES string of the molecule is CC(NC(=O)c1cnc(NN)cn1)C(=O)NC(C)(C)C. The fourth-order valence-corrected chi connectivity index (χ4v) is 1.33. The lowest BCUT2D eigenvalue weighted by atomic mass is 10.1. The minimum Gasteiger partial charge on any atom is -0.350 e. The lowest BCUT2D eigenvalue weighted by molar-refractivity contribution is -0.124. The van der Waals surface area contributed by atoms with E-state index in [2.05, 4.69) is 26.0 Å². The molecule has 20 heavy (non-hydrogen) atoms. The third-order valence-corrected chi connectivity index (χ3v) is 2.27. The molecule has 1 unspecified atom stereocenters. The molecule has 0 aliphatic carbocycles. The molecule has 8 nitrogen and oxygen atoms in total. The maximum Gasteiger partial charge on any atom is 0.272 e. The van der Waals surface area contributed by atoms with Crippen LogP contribution >= 0.6 is 0 Å². The van der Waals surface area contributed by atoms with E-state index < -0.39 is 11.9 Å². The summed E-state index contributed by atoms with van der Waals surface area (Å²) in [7, 11) is 0. The molecule has 0 saturated heterocycles. The average Bonchev–Trinajstić information content (AvgIpc) is 2.36. The van der Waals surface area contributed by atoms with Crippen LogP contribution in [0.25, 0.3) is 0 Å². The normalized spacial score (nSPS) is 12.4. The van der Waals surface area contributed by atoms with Crippen molar-refractivity contribution in [1.82, 2.24) is 20.6 Å². The summed E-state index contributed by atoms with van der Waals surface area (Å²) in [5.74, 6) is 4.76. The molecule has 5 N–H and O–H groups in total. The number of carbonyl (C=O) groups is 2. The highest BCUT2D eigenvalue weighted by molar-refractivity contribution is 5.95. The summed E-state index contributed by atoms with van der Waals surface area (Å²) in [5.41, 5.74) is 2.06. The first-order chi connectivity index (χ1) is 9.23. The third kappa shape index (κ3) is 4.81. The Kier molecular flexibility index (Phi) is 4.98. The van der Waals surface area contributed by atoms with Crippen molar-refractivity contribution in [2.24, 2.45) is 5.84 Å². The number of nitrogens with zero attached hydrogens (tertiary/aromatic N) is 2. The molecule has 2 amide bonds. The van der Waals surface area contributed by atoms with Gasteiger partial charge < -0.3 is 16.1 Å². The monoisotopic (exact) mass is 280 g/mol. The molecule has 110 valence electrons. The zero-order chi connectivity index (χ0) is 15.3. The fourth-order valence-electron chi connectivity index (χ4n) is 1.33. The molecular formula is C12H20N6O2. The molecule has 0 bridgehead atoms. The van der Waals surface area contributed by atoms with Crippen molar-refractivity contribution in [3.63, 3.8) is 0 Å². The summed E-state index contributed by atoms with van der Waals surface area (Å²) in [6, 6.07) is -0.671. The van der Waals surface area contributed by atoms with Crippen LogP contribution in [0.2, 0.25) is 0 Å². The van der Waals surface area contributed by atoms with Gasteiger partial charge in [-0.1, -0.05) is 0 Å². The van der Waals surface area contributed by atoms with Gasteiger partial charge in [-0.25, -0.2) is 15.8 Å². The van der Waals surface area contributed by atoms with Crippen molar-refractivity contribution >= 4 is 17.6 Å². The Hall–Kier alpha value is -2.22. The standard InChI is InChI=1S/C12H20N6O2/c1-7(10(19)17-12(2,3)4)16-11(20)8-5-15-9(18-13)6-14-8/h5-7H,13H2,1-4H3,(H,15,18)(H,16,20)(H,17,19). The molecule has 1 aromatic rings. The number of nitrogens with one attached hydrogen (secondary N) is 3. The number of anilines is 1. The van der Waals surface area contributed by atoms with Gasteiger partial charge in [-0.3, -0.25) is 9.59 Å². The van der Waals surface area contributed by atoms with Crippen LogP contribution in [0.5, 0.6) is 0 Å². The average molecular weight is 280 g/mol. The summed E-state index contributed by atoms with van der Waals surface area (Å²) in [6.07, 6.45) is 2.60. The van der Waals surface area contributed by atoms with E-state index in [1.165, 1.54) is 12.4 Å². The highest BCUT2D eigenvalue weighted by Gasteiger charge is 2.21. The predicted octanol–water partition coefficient (Wildman–Crippen LogP) is -0.205. The van der Waals surface area contributed by atoms with Crippen LogP contribution in [-0.4, -0.2) is 33.4 Å². The Morgan fingerprint density at radius 3 is 2.35 bits per heavy atom. The van der Waals surface area contributed by atoms with E-state index in [9.17, 15) is 9.59 Å². The maximum absolute atomic E-state index is 11.9. The molecule has 1 rings (SSSR count). The van der Waals surface area contributed by atoms with Gasteiger partial charge in [0.1, 0.15) is 11.7 Å². The molecule has 0 aliphatic heterocycles. The number of amides is 2. The predicted molar refractivity (Wildman–Crippen MR) is 74.7 cm³/mol. The number of hydrazine groups is 1. The Labute approximate surface area is 117 Å². The van der Waals surface area contributed by atoms with Gasteiger partial charge in [-0.15, -0.1) is 0 Å². The van der Waals surface area contributed by atoms with E-state index in [1.54, 1.807) is 6.92 Å². The Balaban J connectivity index is 2.62. The van der Waals surface area contributed by atoms with E-state index >= 15 is 0 Å². The molecule has 0 fully saturated rings. The summed E-state index contributed by atoms with van der Waals surface area (Å²) in [4.78, 5) is 31.5. The number of hydrogen-bond acceptors (Lipinski definition) is 6. The van der Waals surface area contributed by atoms with E-state index in [1.807, 2.05) is 20.8 Å². The van der Waals surface area contributed by atoms with Crippen LogP contribution < -0.4 is 21.9 Å². The van der Waals surface area contributed by atoms with Gasteiger partial charge in [0.05, 0.1) is 12.4 Å². The zero-order valence-corrected chi connectivity index (χ0v) is 12.0. The molecule has 0 aliphatic rings. The number of carbonyl (C=O) groups excluding carboxylic acids is 2. The van der Waals surface area contributed by atoms with Crippen molar-refractivity contribution in [2.75, 3.05) is 5.43 Å². The molecule has 0 saturated carbocycles. The zero-order valence-electron chi connectivity index (χ0n) is 12.0. The molecule has 1 heterocycles. The van der Waals surface area contributed by atoms with Gasteiger partial charge >= 0.3 is 0 Å². The van der Waals surface area contributed by atoms with E-state index in [4.69, 9.17) is 5.84 Å². The van der Waals surface area contributed by atoms with Gasteiger partial charge in [-0.2, -0.15) is 0 Å². The van der Waals surface area contributed by atoms with Crippen molar-refractivity contribution in [2.45, 2.75) is 39.3 Å². The second-order valence-electron chi connectivity index (χ2n) is 5.37. The highest BCUT2D eigenvalue weighted by atomic mass is 16.2. The van der Waals surface area contributed by atoms with Crippen LogP contribution in [0.3, 0.4) is 0 Å². The van der Waals surface area contributed by atoms with Gasteiger partial charge in [0.15, 0.2) is 5.82 Å². The molecule has 0 aromatic carbocycles. The first-order valence-corrected chi connectivity index (χ1v) is 6.14. The van der Waals surface area contributed by atoms with Crippen LogP contribution in [0.1, 0.15) is 38.2 Å². The Morgan fingerprint density at radius 1 is 1.25 bits per heavy atom. The third-order valence-electron chi connectivity index (χ3n) is 2.27. The Morgan fingerprint density at radius 2 is 1.90 bits per heavy atom. The van der Waals surface area contributed by atoms with E-state index in [0.29, 0.717) is 5.82 Å². The number of aromatic nitrogens is 2. The summed E-state index contributed by atoms with van der Waals surface area (Å²) in [5, 5.41) is 5.33. The fraction of sp³-hybridized carbons (Fsp3) is 0.500. The summed E-state index contributed by atoms with van der Waals surface area (Å²) in [6.45, 7) is 7.19. The number of nitrogens with two attached hydrogens (primary N) is 1. The van der Waals surface area contributed by atoms with Crippen molar-refractivity contribution in [1.29, 1.82) is 0 Å². The van der Waals surface area contributed by atoms with Crippen LogP contribution in [0.15, 0.2) is 12.4 Å². The molecule has 1 aromatic heterocycles. The molecular weight excluding hydrogens is 260 g/mol. The molecule has 0 spiro atoms. The minimum absolute atomic E-state index is 0.111. The molecule has 8 heteroatoms. The largest absolute Gasteiger partial charge is 0.350 e. The number of hydrogen-bond donors (Lipinski definition) is 4. The van der Waals surface area contributed by atoms with Crippen LogP contribution in [-0.2, 0) is 4.79 Å². The summed E-state index contributed by atoms with van der Waals surface area (Å²) < 4.78 is 0. The first-order valence-electron chi connectivity index (χ1n) is 6.14. The van der Waals surface area contributed by atoms with E-state index in [-0.39, 0.29) is 17.1 Å². The quantitative estimate of drug-likeness (QED) is 0.447. The first kappa shape index (κ1) is 15.8. The van der Waals surface area contributed by atoms with Gasteiger partial charge in [-0.05, 0) is 27.7 Å². The Bertz CT molecular complexity index is 480. The number of rotatable bonds is 4. The van der Waals surface area contributed by atoms with Gasteiger partial charge in [0, 0.05) is 5.54 Å². The lowest BCUT2D eigenvalue weighted by Gasteiger charge is -2.23. The second kappa shape index (κ2) is 6.29. The topological polar surface area (TPSA) is 122 Å². The van der Waals surface area contributed by atoms with E-state index in [0.717, 1.165) is 0 Å². The van der Waals surface area contributed by atoms with Crippen LogP contribution in [0.4, 0.5) is 5.82 Å². The van der Waals surface area contributed by atoms with Crippen LogP contribution in [0, 0.1) is 0 Å². The second-order valence-corrected chi connectivity index (χ2v) is 5.37. The van der Waals surface area contributed by atoms with Crippen molar-refractivity contribution in [3.05, 3.63) is 18.1 Å². The minimum atomic E-state index is -0.671.